The molecule has 2 aliphatic carbocycles. The van der Waals surface area contributed by atoms with Crippen molar-refractivity contribution in [1.82, 2.24) is 56.5 Å². The van der Waals surface area contributed by atoms with Crippen LogP contribution in [0.5, 0.6) is 23.0 Å². The molecule has 414 valence electrons. The summed E-state index contributed by atoms with van der Waals surface area (Å²) >= 11 is 13.3. The van der Waals surface area contributed by atoms with E-state index < -0.39 is 0 Å². The first-order valence-corrected chi connectivity index (χ1v) is 27.1. The third-order valence-corrected chi connectivity index (χ3v) is 14.2. The highest BCUT2D eigenvalue weighted by Crippen LogP contribution is 2.45. The SMILES string of the molecule is N#Cc1cncc(COc2cc(OC3CCc4c(-c5ccccc5)cccc43)c(Cl)cc2C=O)c1.N#Cc1cncc(COc2cc(OC3CCc4c(-c5ccccc5)cccc43)c(Cl)cc2CNCc2nn[nH]n2)c1.NCc1nn[nH]n1. The van der Waals surface area contributed by atoms with Crippen molar-refractivity contribution < 1.29 is 23.7 Å². The molecule has 0 fully saturated rings. The minimum absolute atomic E-state index is 0.127. The maximum Gasteiger partial charge on any atom is 0.188 e. The number of nitrogens with one attached hydrogen (secondary N) is 3. The molecule has 0 spiro atoms. The van der Waals surface area contributed by atoms with Gasteiger partial charge >= 0.3 is 0 Å². The second-order valence-corrected chi connectivity index (χ2v) is 19.8. The summed E-state index contributed by atoms with van der Waals surface area (Å²) in [7, 11) is 0. The zero-order valence-electron chi connectivity index (χ0n) is 44.5. The number of hydrogen-bond donors (Lipinski definition) is 4. The lowest BCUT2D eigenvalue weighted by Gasteiger charge is -2.20. The maximum atomic E-state index is 11.6. The van der Waals surface area contributed by atoms with Crippen molar-refractivity contribution in [2.24, 2.45) is 5.73 Å². The number of hydrogen-bond acceptors (Lipinski definition) is 17. The summed E-state index contributed by atoms with van der Waals surface area (Å²) in [6.45, 7) is 1.59. The highest BCUT2D eigenvalue weighted by molar-refractivity contribution is 6.32. The van der Waals surface area contributed by atoms with Gasteiger partial charge in [0.1, 0.15) is 60.6 Å². The summed E-state index contributed by atoms with van der Waals surface area (Å²) in [5.41, 5.74) is 18.4. The molecular formula is C62H52Cl2N14O5. The van der Waals surface area contributed by atoms with E-state index in [2.05, 4.69) is 141 Å². The van der Waals surface area contributed by atoms with Crippen LogP contribution < -0.4 is 30.0 Å². The highest BCUT2D eigenvalue weighted by atomic mass is 35.5. The van der Waals surface area contributed by atoms with Crippen LogP contribution in [0.25, 0.3) is 22.3 Å². The third-order valence-electron chi connectivity index (χ3n) is 13.6. The summed E-state index contributed by atoms with van der Waals surface area (Å²) < 4.78 is 25.1. The van der Waals surface area contributed by atoms with Gasteiger partial charge in [0, 0.05) is 60.2 Å². The summed E-state index contributed by atoms with van der Waals surface area (Å²) in [4.78, 5) is 19.8. The van der Waals surface area contributed by atoms with Gasteiger partial charge in [-0.25, -0.2) is 0 Å². The first kappa shape index (κ1) is 56.4. The van der Waals surface area contributed by atoms with Crippen LogP contribution >= 0.6 is 23.2 Å². The van der Waals surface area contributed by atoms with Crippen molar-refractivity contribution in [2.75, 3.05) is 0 Å². The number of carbonyl (C=O) groups is 1. The molecule has 0 bridgehead atoms. The smallest absolute Gasteiger partial charge is 0.188 e. The summed E-state index contributed by atoms with van der Waals surface area (Å²) in [6.07, 6.45) is 10.2. The molecule has 2 atom stereocenters. The number of nitrogens with zero attached hydrogens (tertiary/aromatic N) is 10. The predicted molar refractivity (Wildman–Crippen MR) is 309 cm³/mol. The van der Waals surface area contributed by atoms with Crippen LogP contribution in [-0.4, -0.2) is 57.5 Å². The number of benzene rings is 6. The zero-order chi connectivity index (χ0) is 57.3. The molecule has 0 aliphatic heterocycles. The van der Waals surface area contributed by atoms with Crippen molar-refractivity contribution in [3.63, 3.8) is 0 Å². The summed E-state index contributed by atoms with van der Waals surface area (Å²) in [5.74, 6) is 3.07. The van der Waals surface area contributed by atoms with E-state index in [0.29, 0.717) is 87.3 Å². The summed E-state index contributed by atoms with van der Waals surface area (Å²) in [5, 5.41) is 49.1. The molecule has 4 aromatic heterocycles. The number of tetrazole rings is 2. The van der Waals surface area contributed by atoms with Crippen molar-refractivity contribution in [3.8, 4) is 57.4 Å². The minimum Gasteiger partial charge on any atom is -0.488 e. The van der Waals surface area contributed by atoms with Gasteiger partial charge in [0.25, 0.3) is 0 Å². The number of rotatable bonds is 18. The van der Waals surface area contributed by atoms with Crippen molar-refractivity contribution in [2.45, 2.75) is 70.7 Å². The molecule has 5 N–H and O–H groups in total. The van der Waals surface area contributed by atoms with E-state index in [1.54, 1.807) is 36.7 Å². The molecule has 12 rings (SSSR count). The number of pyridine rings is 2. The van der Waals surface area contributed by atoms with Gasteiger partial charge in [-0.1, -0.05) is 131 Å². The van der Waals surface area contributed by atoms with Crippen LogP contribution in [0, 0.1) is 22.7 Å². The van der Waals surface area contributed by atoms with Gasteiger partial charge in [0.05, 0.1) is 39.8 Å². The normalized spacial score (nSPS) is 13.6. The molecule has 4 heterocycles. The Labute approximate surface area is 487 Å². The van der Waals surface area contributed by atoms with Crippen LogP contribution in [0.2, 0.25) is 10.0 Å². The Kier molecular flexibility index (Phi) is 18.7. The van der Waals surface area contributed by atoms with E-state index in [1.807, 2.05) is 36.4 Å². The van der Waals surface area contributed by atoms with Gasteiger partial charge in [-0.2, -0.15) is 21.0 Å². The Morgan fingerprint density at radius 3 is 1.61 bits per heavy atom. The van der Waals surface area contributed by atoms with Crippen LogP contribution in [0.1, 0.15) is 97.1 Å². The first-order valence-electron chi connectivity index (χ1n) is 26.3. The molecule has 83 heavy (non-hydrogen) atoms. The topological polar surface area (TPSA) is 274 Å². The van der Waals surface area contributed by atoms with E-state index in [4.69, 9.17) is 53.1 Å². The van der Waals surface area contributed by atoms with Crippen LogP contribution in [-0.2, 0) is 45.7 Å². The lowest BCUT2D eigenvalue weighted by molar-refractivity contribution is 0.111. The number of halogens is 2. The van der Waals surface area contributed by atoms with Crippen molar-refractivity contribution >= 4 is 29.5 Å². The molecule has 2 unspecified atom stereocenters. The average molecular weight is 1140 g/mol. The molecule has 2 aliphatic rings. The molecule has 6 aromatic carbocycles. The number of carbonyl (C=O) groups excluding carboxylic acids is 1. The zero-order valence-corrected chi connectivity index (χ0v) is 46.0. The monoisotopic (exact) mass is 1140 g/mol. The van der Waals surface area contributed by atoms with E-state index in [9.17, 15) is 10.1 Å². The van der Waals surface area contributed by atoms with Gasteiger partial charge in [-0.05, 0) is 94.5 Å². The van der Waals surface area contributed by atoms with Gasteiger partial charge in [-0.3, -0.25) is 14.8 Å². The molecule has 0 amide bonds. The number of ether oxygens (including phenoxy) is 4. The van der Waals surface area contributed by atoms with Crippen LogP contribution in [0.3, 0.4) is 0 Å². The highest BCUT2D eigenvalue weighted by Gasteiger charge is 2.29. The quantitative estimate of drug-likeness (QED) is 0.0581. The van der Waals surface area contributed by atoms with Gasteiger partial charge in [0.2, 0.25) is 0 Å². The molecule has 0 saturated heterocycles. The number of nitrogens with two attached hydrogens (primary N) is 1. The van der Waals surface area contributed by atoms with Gasteiger partial charge < -0.3 is 30.0 Å². The Hall–Kier alpha value is -9.89. The second-order valence-electron chi connectivity index (χ2n) is 19.0. The number of fused-ring (bicyclic) bond motifs is 2. The van der Waals surface area contributed by atoms with Crippen molar-refractivity contribution in [1.29, 1.82) is 10.5 Å². The third kappa shape index (κ3) is 14.2. The molecule has 10 aromatic rings. The lowest BCUT2D eigenvalue weighted by Crippen LogP contribution is -2.15. The number of nitriles is 2. The van der Waals surface area contributed by atoms with Crippen LogP contribution in [0.15, 0.2) is 158 Å². The van der Waals surface area contributed by atoms with E-state index in [-0.39, 0.29) is 25.4 Å². The number of aromatic amines is 2. The Morgan fingerprint density at radius 1 is 0.602 bits per heavy atom. The fourth-order valence-electron chi connectivity index (χ4n) is 9.77. The molecular weight excluding hydrogens is 1090 g/mol. The average Bonchev–Trinajstić information content (AvgIpc) is 4.60. The lowest BCUT2D eigenvalue weighted by atomic mass is 9.97. The van der Waals surface area contributed by atoms with E-state index in [0.717, 1.165) is 47.9 Å². The fourth-order valence-corrected chi connectivity index (χ4v) is 10.2. The largest absolute Gasteiger partial charge is 0.488 e. The van der Waals surface area contributed by atoms with E-state index >= 15 is 0 Å². The predicted octanol–water partition coefficient (Wildman–Crippen LogP) is 11.1. The molecule has 0 saturated carbocycles. The molecule has 19 nitrogen and oxygen atoms in total. The maximum absolute atomic E-state index is 11.6. The van der Waals surface area contributed by atoms with Gasteiger partial charge in [-0.15, -0.1) is 20.4 Å². The second kappa shape index (κ2) is 27.5. The Balaban J connectivity index is 0.000000167. The number of aldehydes is 1. The van der Waals surface area contributed by atoms with Crippen LogP contribution in [0.4, 0.5) is 0 Å². The number of aromatic nitrogens is 10. The first-order chi connectivity index (χ1) is 40.8. The Morgan fingerprint density at radius 2 is 1.12 bits per heavy atom. The van der Waals surface area contributed by atoms with Gasteiger partial charge in [0.15, 0.2) is 17.9 Å². The Bertz CT molecular complexity index is 3900. The fraction of sp³-hybridized carbons (Fsp3) is 0.177. The van der Waals surface area contributed by atoms with E-state index in [1.165, 1.54) is 51.3 Å². The minimum atomic E-state index is -0.155. The van der Waals surface area contributed by atoms with Crippen molar-refractivity contribution in [3.05, 3.63) is 236 Å². The molecule has 21 heteroatoms. The molecule has 0 radical (unpaired) electrons. The standard InChI is InChI=1S/C31H26ClN7O2.C29H21ClN2O3.C2H5N5/c32-27-12-23(17-35-18-31-36-38-39-37-31)29(40-19-21-11-20(14-33)15-34-16-21)13-30(27)41-28-10-9-25-24(7-4-8-26(25)28)22-5-2-1-3-6-22;30-26-12-22(17-33)28(34-18-20-11-19(14-31)15-32-16-20)13-29(26)35-27-10-9-24-23(7-4-8-25(24)27)21-5-2-1-3-6-21;3-1-2-4-6-7-5-2/h1-8,11-13,15-16,28,35H,9-10,17-19H2,(H,36,37,38,39);1-8,11-13,15-17,27H,9-10,18H2;1,3H2,(H,4,5,6,7). The number of H-pyrrole nitrogens is 2. The summed E-state index contributed by atoms with van der Waals surface area (Å²) in [6, 6.07) is 48.0.